The maximum atomic E-state index is 13.6. The Labute approximate surface area is 197 Å². The van der Waals surface area contributed by atoms with Crippen molar-refractivity contribution >= 4 is 34.1 Å². The van der Waals surface area contributed by atoms with Gasteiger partial charge in [-0.25, -0.2) is 4.39 Å². The van der Waals surface area contributed by atoms with Crippen LogP contribution in [0.25, 0.3) is 11.1 Å². The van der Waals surface area contributed by atoms with Crippen LogP contribution in [0.2, 0.25) is 0 Å². The van der Waals surface area contributed by atoms with Gasteiger partial charge in [-0.3, -0.25) is 9.69 Å². The number of hydrogen-bond donors (Lipinski definition) is 2. The molecule has 2 aromatic rings. The number of rotatable bonds is 5. The summed E-state index contributed by atoms with van der Waals surface area (Å²) in [5.41, 5.74) is 3.15. The van der Waals surface area contributed by atoms with Crippen molar-refractivity contribution in [2.75, 3.05) is 25.0 Å². The van der Waals surface area contributed by atoms with Gasteiger partial charge in [0.1, 0.15) is 17.2 Å². The zero-order valence-electron chi connectivity index (χ0n) is 19.0. The quantitative estimate of drug-likeness (QED) is 0.604. The van der Waals surface area contributed by atoms with Gasteiger partial charge in [-0.1, -0.05) is 0 Å². The van der Waals surface area contributed by atoms with Crippen LogP contribution in [0.4, 0.5) is 10.1 Å². The van der Waals surface area contributed by atoms with E-state index in [4.69, 9.17) is 4.74 Å². The van der Waals surface area contributed by atoms with Crippen LogP contribution in [-0.2, 0) is 16.1 Å². The molecule has 0 saturated carbocycles. The van der Waals surface area contributed by atoms with E-state index >= 15 is 0 Å². The summed E-state index contributed by atoms with van der Waals surface area (Å²) in [6.07, 6.45) is 5.22. The first kappa shape index (κ1) is 22.3. The average Bonchev–Trinajstić information content (AvgIpc) is 3.42. The number of thiophene rings is 1. The molecule has 1 fully saturated rings. The smallest absolute Gasteiger partial charge is 0.260 e. The van der Waals surface area contributed by atoms with Crippen LogP contribution < -0.4 is 5.32 Å². The number of aliphatic hydroxyl groups is 1. The summed E-state index contributed by atoms with van der Waals surface area (Å²) < 4.78 is 19.9. The van der Waals surface area contributed by atoms with E-state index in [0.29, 0.717) is 28.5 Å². The lowest BCUT2D eigenvalue weighted by Crippen LogP contribution is -2.35. The lowest BCUT2D eigenvalue weighted by Gasteiger charge is -2.32. The fourth-order valence-corrected chi connectivity index (χ4v) is 6.07. The van der Waals surface area contributed by atoms with Crippen molar-refractivity contribution in [3.8, 4) is 0 Å². The van der Waals surface area contributed by atoms with Gasteiger partial charge in [0.25, 0.3) is 5.91 Å². The van der Waals surface area contributed by atoms with Gasteiger partial charge >= 0.3 is 0 Å². The van der Waals surface area contributed by atoms with E-state index in [-0.39, 0.29) is 18.3 Å². The van der Waals surface area contributed by atoms with Gasteiger partial charge in [-0.05, 0) is 86.9 Å². The highest BCUT2D eigenvalue weighted by molar-refractivity contribution is 7.10. The number of nitrogens with one attached hydrogen (secondary N) is 1. The number of halogens is 1. The zero-order valence-corrected chi connectivity index (χ0v) is 19.8. The van der Waals surface area contributed by atoms with Gasteiger partial charge < -0.3 is 15.2 Å². The number of fused-ring (bicyclic) bond motifs is 1. The minimum atomic E-state index is -0.582. The third-order valence-electron chi connectivity index (χ3n) is 6.75. The number of ether oxygens (including phenoxy) is 1. The molecule has 0 radical (unpaired) electrons. The molecule has 2 N–H and O–H groups in total. The van der Waals surface area contributed by atoms with Gasteiger partial charge in [0.2, 0.25) is 0 Å². The number of hydrogen-bond acceptors (Lipinski definition) is 5. The molecular weight excluding hydrogens is 439 g/mol. The zero-order chi connectivity index (χ0) is 23.2. The SMILES string of the molecule is CC1(C)O/C(=C2/C(=O)Nc3cc(F)ccc32)C=C1c1csc(CN2CCCC(CCO)C2)c1. The molecule has 3 aliphatic heterocycles. The molecular formula is C26H29FN2O3S. The number of allylic oxidation sites excluding steroid dienone is 1. The highest BCUT2D eigenvalue weighted by Gasteiger charge is 2.38. The Morgan fingerprint density at radius 3 is 3.00 bits per heavy atom. The molecule has 0 spiro atoms. The number of anilines is 1. The molecule has 1 aromatic carbocycles. The van der Waals surface area contributed by atoms with E-state index in [0.717, 1.165) is 37.2 Å². The molecule has 5 rings (SSSR count). The number of amides is 1. The van der Waals surface area contributed by atoms with E-state index in [2.05, 4.69) is 21.7 Å². The molecule has 1 amide bonds. The lowest BCUT2D eigenvalue weighted by atomic mass is 9.93. The Morgan fingerprint density at radius 1 is 1.33 bits per heavy atom. The van der Waals surface area contributed by atoms with E-state index < -0.39 is 5.60 Å². The predicted molar refractivity (Wildman–Crippen MR) is 129 cm³/mol. The molecule has 1 saturated heterocycles. The minimum Gasteiger partial charge on any atom is -0.482 e. The molecule has 4 heterocycles. The fourth-order valence-electron chi connectivity index (χ4n) is 5.15. The van der Waals surface area contributed by atoms with Crippen LogP contribution in [0.15, 0.2) is 41.5 Å². The van der Waals surface area contributed by atoms with Gasteiger partial charge in [-0.2, -0.15) is 0 Å². The number of carbonyl (C=O) groups is 1. The summed E-state index contributed by atoms with van der Waals surface area (Å²) in [6.45, 7) is 7.32. The number of likely N-dealkylation sites (tertiary alicyclic amines) is 1. The second-order valence-corrected chi connectivity index (χ2v) is 10.6. The van der Waals surface area contributed by atoms with Gasteiger partial charge in [0.15, 0.2) is 0 Å². The molecule has 1 aromatic heterocycles. The summed E-state index contributed by atoms with van der Waals surface area (Å²) in [6, 6.07) is 6.55. The third-order valence-corrected chi connectivity index (χ3v) is 7.67. The maximum absolute atomic E-state index is 13.6. The van der Waals surface area contributed by atoms with Crippen molar-refractivity contribution in [2.24, 2.45) is 5.92 Å². The molecule has 7 heteroatoms. The van der Waals surface area contributed by atoms with Crippen LogP contribution in [-0.4, -0.2) is 41.2 Å². The van der Waals surface area contributed by atoms with Crippen molar-refractivity contribution in [3.05, 3.63) is 63.3 Å². The first-order chi connectivity index (χ1) is 15.8. The van der Waals surface area contributed by atoms with E-state index in [1.54, 1.807) is 17.4 Å². The Bertz CT molecular complexity index is 1150. The van der Waals surface area contributed by atoms with Crippen molar-refractivity contribution in [1.82, 2.24) is 4.90 Å². The van der Waals surface area contributed by atoms with E-state index in [1.165, 1.54) is 29.9 Å². The van der Waals surface area contributed by atoms with Crippen molar-refractivity contribution in [3.63, 3.8) is 0 Å². The first-order valence-corrected chi connectivity index (χ1v) is 12.4. The molecule has 5 nitrogen and oxygen atoms in total. The number of benzene rings is 1. The van der Waals surface area contributed by atoms with Crippen molar-refractivity contribution in [2.45, 2.75) is 45.3 Å². The van der Waals surface area contributed by atoms with Gasteiger partial charge in [0.05, 0.1) is 11.3 Å². The average molecular weight is 469 g/mol. The molecule has 174 valence electrons. The van der Waals surface area contributed by atoms with Gasteiger partial charge in [0, 0.05) is 35.7 Å². The highest BCUT2D eigenvalue weighted by Crippen LogP contribution is 2.45. The van der Waals surface area contributed by atoms with Crippen LogP contribution in [0, 0.1) is 11.7 Å². The number of carbonyl (C=O) groups excluding carboxylic acids is 1. The van der Waals surface area contributed by atoms with Gasteiger partial charge in [-0.15, -0.1) is 11.3 Å². The summed E-state index contributed by atoms with van der Waals surface area (Å²) in [4.78, 5) is 16.4. The summed E-state index contributed by atoms with van der Waals surface area (Å²) in [5, 5.41) is 14.2. The largest absolute Gasteiger partial charge is 0.482 e. The number of nitrogens with zero attached hydrogens (tertiary/aromatic N) is 1. The monoisotopic (exact) mass is 468 g/mol. The standard InChI is InChI=1S/C26H29FN2O3S/c1-26(2)21(12-23(32-26)24-20-6-5-18(27)11-22(20)28-25(24)31)17-10-19(33-15-17)14-29-8-3-4-16(13-29)7-9-30/h5-6,10-12,15-16,30H,3-4,7-9,13-14H2,1-2H3,(H,28,31)/b24-23+. The van der Waals surface area contributed by atoms with E-state index in [1.807, 2.05) is 19.9 Å². The third kappa shape index (κ3) is 4.37. The second-order valence-electron chi connectivity index (χ2n) is 9.61. The highest BCUT2D eigenvalue weighted by atomic mass is 32.1. The van der Waals surface area contributed by atoms with Crippen molar-refractivity contribution < 1.29 is 19.0 Å². The fraction of sp³-hybridized carbons (Fsp3) is 0.423. The Balaban J connectivity index is 1.40. The Kier molecular flexibility index (Phi) is 5.89. The molecule has 1 atom stereocenters. The molecule has 1 unspecified atom stereocenters. The number of piperidine rings is 1. The summed E-state index contributed by atoms with van der Waals surface area (Å²) in [7, 11) is 0. The molecule has 3 aliphatic rings. The Morgan fingerprint density at radius 2 is 2.18 bits per heavy atom. The van der Waals surface area contributed by atoms with Crippen LogP contribution in [0.3, 0.4) is 0 Å². The van der Waals surface area contributed by atoms with Crippen LogP contribution >= 0.6 is 11.3 Å². The first-order valence-electron chi connectivity index (χ1n) is 11.5. The maximum Gasteiger partial charge on any atom is 0.260 e. The lowest BCUT2D eigenvalue weighted by molar-refractivity contribution is -0.111. The summed E-state index contributed by atoms with van der Waals surface area (Å²) >= 11 is 1.75. The molecule has 33 heavy (non-hydrogen) atoms. The van der Waals surface area contributed by atoms with Crippen LogP contribution in [0.1, 0.15) is 49.1 Å². The topological polar surface area (TPSA) is 61.8 Å². The van der Waals surface area contributed by atoms with Crippen LogP contribution in [0.5, 0.6) is 0 Å². The van der Waals surface area contributed by atoms with E-state index in [9.17, 15) is 14.3 Å². The normalized spacial score (nSPS) is 24.4. The molecule has 0 bridgehead atoms. The minimum absolute atomic E-state index is 0.264. The molecule has 0 aliphatic carbocycles. The number of aliphatic hydroxyl groups excluding tert-OH is 1. The second kappa shape index (κ2) is 8.70. The Hall–Kier alpha value is -2.48. The van der Waals surface area contributed by atoms with Crippen molar-refractivity contribution in [1.29, 1.82) is 0 Å². The predicted octanol–water partition coefficient (Wildman–Crippen LogP) is 5.04. The summed E-state index contributed by atoms with van der Waals surface area (Å²) in [5.74, 6) is 0.448.